The minimum absolute atomic E-state index is 0.513. The monoisotopic (exact) mass is 279 g/mol. The lowest BCUT2D eigenvalue weighted by Gasteiger charge is -2.35. The van der Waals surface area contributed by atoms with Gasteiger partial charge in [0.15, 0.2) is 0 Å². The fourth-order valence-corrected chi connectivity index (χ4v) is 2.98. The van der Waals surface area contributed by atoms with Gasteiger partial charge in [-0.15, -0.1) is 0 Å². The Hall–Kier alpha value is -1.40. The molecule has 20 heavy (non-hydrogen) atoms. The lowest BCUT2D eigenvalue weighted by molar-refractivity contribution is -0.000838. The van der Waals surface area contributed by atoms with Gasteiger partial charge in [0.2, 0.25) is 0 Å². The number of aryl methyl sites for hydroxylation is 1. The quantitative estimate of drug-likeness (QED) is 0.495. The van der Waals surface area contributed by atoms with Crippen molar-refractivity contribution in [3.63, 3.8) is 0 Å². The number of hydrogen-bond acceptors (Lipinski definition) is 6. The molecule has 2 rings (SSSR count). The summed E-state index contributed by atoms with van der Waals surface area (Å²) in [5, 5.41) is 13.9. The van der Waals surface area contributed by atoms with Crippen LogP contribution in [0.15, 0.2) is 0 Å². The zero-order valence-corrected chi connectivity index (χ0v) is 12.5. The summed E-state index contributed by atoms with van der Waals surface area (Å²) in [6.07, 6.45) is 3.96. The van der Waals surface area contributed by atoms with Crippen molar-refractivity contribution in [2.75, 3.05) is 17.3 Å². The second kappa shape index (κ2) is 5.93. The van der Waals surface area contributed by atoms with Gasteiger partial charge in [-0.3, -0.25) is 0 Å². The number of nitrogen functional groups attached to an aromatic ring is 1. The van der Waals surface area contributed by atoms with Crippen LogP contribution in [-0.2, 0) is 0 Å². The topological polar surface area (TPSA) is 96.1 Å². The van der Waals surface area contributed by atoms with Crippen molar-refractivity contribution in [3.8, 4) is 0 Å². The van der Waals surface area contributed by atoms with Crippen LogP contribution in [0.25, 0.3) is 0 Å². The van der Waals surface area contributed by atoms with Crippen molar-refractivity contribution in [1.82, 2.24) is 9.97 Å². The van der Waals surface area contributed by atoms with Crippen LogP contribution in [0.3, 0.4) is 0 Å². The van der Waals surface area contributed by atoms with E-state index in [0.717, 1.165) is 30.6 Å². The third-order valence-electron chi connectivity index (χ3n) is 4.05. The van der Waals surface area contributed by atoms with Crippen molar-refractivity contribution in [3.05, 3.63) is 11.4 Å². The molecule has 1 aliphatic carbocycles. The fraction of sp³-hybridized carbons (Fsp3) is 0.714. The van der Waals surface area contributed by atoms with Crippen molar-refractivity contribution >= 4 is 11.6 Å². The molecule has 6 nitrogen and oxygen atoms in total. The van der Waals surface area contributed by atoms with Gasteiger partial charge in [0.1, 0.15) is 17.5 Å². The van der Waals surface area contributed by atoms with Gasteiger partial charge in [-0.2, -0.15) is 0 Å². The summed E-state index contributed by atoms with van der Waals surface area (Å²) in [5.41, 5.74) is 2.80. The molecule has 112 valence electrons. The maximum absolute atomic E-state index is 10.6. The summed E-state index contributed by atoms with van der Waals surface area (Å²) in [6, 6.07) is 0. The van der Waals surface area contributed by atoms with Crippen LogP contribution in [0, 0.1) is 19.8 Å². The Morgan fingerprint density at radius 1 is 1.35 bits per heavy atom. The number of hydrazine groups is 1. The zero-order valence-electron chi connectivity index (χ0n) is 12.5. The molecule has 0 spiro atoms. The van der Waals surface area contributed by atoms with E-state index in [1.165, 1.54) is 6.42 Å². The summed E-state index contributed by atoms with van der Waals surface area (Å²) in [5.74, 6) is 8.02. The van der Waals surface area contributed by atoms with E-state index < -0.39 is 5.60 Å². The van der Waals surface area contributed by atoms with Crippen LogP contribution in [0.1, 0.15) is 44.0 Å². The maximum atomic E-state index is 10.6. The van der Waals surface area contributed by atoms with Gasteiger partial charge in [0, 0.05) is 12.1 Å². The van der Waals surface area contributed by atoms with Gasteiger partial charge in [-0.05, 0) is 32.6 Å². The zero-order chi connectivity index (χ0) is 14.8. The van der Waals surface area contributed by atoms with E-state index in [4.69, 9.17) is 5.84 Å². The van der Waals surface area contributed by atoms with Crippen molar-refractivity contribution in [2.24, 2.45) is 11.8 Å². The van der Waals surface area contributed by atoms with E-state index in [2.05, 4.69) is 27.6 Å². The van der Waals surface area contributed by atoms with E-state index in [-0.39, 0.29) is 0 Å². The molecule has 1 aromatic rings. The first kappa shape index (κ1) is 15.0. The molecule has 2 atom stereocenters. The average molecular weight is 279 g/mol. The van der Waals surface area contributed by atoms with E-state index in [9.17, 15) is 5.11 Å². The number of nitrogens with one attached hydrogen (secondary N) is 2. The molecule has 0 radical (unpaired) electrons. The van der Waals surface area contributed by atoms with Crippen LogP contribution in [0.5, 0.6) is 0 Å². The smallest absolute Gasteiger partial charge is 0.148 e. The maximum Gasteiger partial charge on any atom is 0.148 e. The van der Waals surface area contributed by atoms with Crippen LogP contribution in [0.2, 0.25) is 0 Å². The van der Waals surface area contributed by atoms with Crippen LogP contribution < -0.4 is 16.6 Å². The Balaban J connectivity index is 2.09. The summed E-state index contributed by atoms with van der Waals surface area (Å²) in [6.45, 7) is 6.44. The lowest BCUT2D eigenvalue weighted by atomic mass is 9.79. The Morgan fingerprint density at radius 2 is 2.05 bits per heavy atom. The highest BCUT2D eigenvalue weighted by Gasteiger charge is 2.32. The average Bonchev–Trinajstić information content (AvgIpc) is 2.39. The Kier molecular flexibility index (Phi) is 4.45. The van der Waals surface area contributed by atoms with E-state index in [1.807, 2.05) is 13.8 Å². The highest BCUT2D eigenvalue weighted by Crippen LogP contribution is 2.32. The van der Waals surface area contributed by atoms with E-state index in [0.29, 0.717) is 24.1 Å². The summed E-state index contributed by atoms with van der Waals surface area (Å²) in [7, 11) is 0. The first-order chi connectivity index (χ1) is 9.43. The van der Waals surface area contributed by atoms with Crippen LogP contribution in [0.4, 0.5) is 11.6 Å². The summed E-state index contributed by atoms with van der Waals surface area (Å²) >= 11 is 0. The number of hydrogen-bond donors (Lipinski definition) is 4. The second-order valence-electron chi connectivity index (χ2n) is 6.02. The molecule has 0 aromatic carbocycles. The van der Waals surface area contributed by atoms with Gasteiger partial charge >= 0.3 is 0 Å². The molecule has 1 fully saturated rings. The number of nitrogens with zero attached hydrogens (tertiary/aromatic N) is 2. The van der Waals surface area contributed by atoms with Crippen LogP contribution >= 0.6 is 0 Å². The minimum atomic E-state index is -0.640. The third-order valence-corrected chi connectivity index (χ3v) is 4.05. The molecule has 0 aliphatic heterocycles. The normalized spacial score (nSPS) is 26.4. The second-order valence-corrected chi connectivity index (χ2v) is 6.02. The van der Waals surface area contributed by atoms with Gasteiger partial charge < -0.3 is 15.8 Å². The first-order valence-electron chi connectivity index (χ1n) is 7.21. The summed E-state index contributed by atoms with van der Waals surface area (Å²) in [4.78, 5) is 8.61. The van der Waals surface area contributed by atoms with Crippen LogP contribution in [-0.4, -0.2) is 27.2 Å². The predicted molar refractivity (Wildman–Crippen MR) is 80.4 cm³/mol. The van der Waals surface area contributed by atoms with Crippen molar-refractivity contribution < 1.29 is 5.11 Å². The molecule has 5 N–H and O–H groups in total. The third kappa shape index (κ3) is 3.37. The van der Waals surface area contributed by atoms with E-state index >= 15 is 0 Å². The van der Waals surface area contributed by atoms with Crippen molar-refractivity contribution in [1.29, 1.82) is 0 Å². The van der Waals surface area contributed by atoms with Gasteiger partial charge in [0.25, 0.3) is 0 Å². The molecular weight excluding hydrogens is 254 g/mol. The molecule has 1 saturated carbocycles. The lowest BCUT2D eigenvalue weighted by Crippen LogP contribution is -2.41. The molecule has 0 amide bonds. The Morgan fingerprint density at radius 3 is 2.70 bits per heavy atom. The highest BCUT2D eigenvalue weighted by atomic mass is 16.3. The molecule has 0 bridgehead atoms. The molecule has 1 aromatic heterocycles. The molecule has 6 heteroatoms. The predicted octanol–water partition coefficient (Wildman–Crippen LogP) is 1.73. The number of nitrogens with two attached hydrogens (primary N) is 1. The number of aliphatic hydroxyl groups is 1. The number of anilines is 2. The first-order valence-corrected chi connectivity index (χ1v) is 7.21. The number of rotatable bonds is 4. The largest absolute Gasteiger partial charge is 0.388 e. The fourth-order valence-electron chi connectivity index (χ4n) is 2.98. The van der Waals surface area contributed by atoms with Gasteiger partial charge in [-0.25, -0.2) is 15.8 Å². The molecule has 1 aliphatic rings. The molecular formula is C14H25N5O. The number of aromatic nitrogens is 2. The Bertz CT molecular complexity index is 479. The SMILES string of the molecule is Cc1nc(NN)c(C)c(NCC2(O)CCCC(C)C2)n1. The molecule has 0 saturated heterocycles. The molecule has 1 heterocycles. The van der Waals surface area contributed by atoms with Crippen molar-refractivity contribution in [2.45, 2.75) is 52.1 Å². The molecule has 2 unspecified atom stereocenters. The van der Waals surface area contributed by atoms with Gasteiger partial charge in [0.05, 0.1) is 5.60 Å². The summed E-state index contributed by atoms with van der Waals surface area (Å²) < 4.78 is 0. The minimum Gasteiger partial charge on any atom is -0.388 e. The highest BCUT2D eigenvalue weighted by molar-refractivity contribution is 5.56. The standard InChI is InChI=1S/C14H25N5O/c1-9-5-4-6-14(20,7-9)8-16-12-10(2)13(19-15)18-11(3)17-12/h9,20H,4-8,15H2,1-3H3,(H2,16,17,18,19). The van der Waals surface area contributed by atoms with E-state index in [1.54, 1.807) is 0 Å². The Labute approximate surface area is 120 Å². The van der Waals surface area contributed by atoms with Gasteiger partial charge in [-0.1, -0.05) is 19.8 Å².